The van der Waals surface area contributed by atoms with E-state index < -0.39 is 0 Å². The summed E-state index contributed by atoms with van der Waals surface area (Å²) in [5.74, 6) is 1.71. The van der Waals surface area contributed by atoms with Gasteiger partial charge < -0.3 is 9.32 Å². The van der Waals surface area contributed by atoms with Crippen LogP contribution in [0.1, 0.15) is 32.4 Å². The van der Waals surface area contributed by atoms with Crippen LogP contribution in [0.5, 0.6) is 0 Å². The van der Waals surface area contributed by atoms with E-state index in [0.29, 0.717) is 6.04 Å². The molecular weight excluding hydrogens is 278 g/mol. The Morgan fingerprint density at radius 1 is 1.27 bits per heavy atom. The molecule has 0 atom stereocenters. The van der Waals surface area contributed by atoms with Gasteiger partial charge in [-0.25, -0.2) is 4.98 Å². The molecule has 3 heterocycles. The van der Waals surface area contributed by atoms with E-state index in [-0.39, 0.29) is 5.41 Å². The van der Waals surface area contributed by atoms with Gasteiger partial charge in [0, 0.05) is 24.5 Å². The Bertz CT molecular complexity index is 596. The maximum atomic E-state index is 5.29. The molecule has 3 rings (SSSR count). The molecule has 0 unspecified atom stereocenters. The van der Waals surface area contributed by atoms with E-state index in [0.717, 1.165) is 37.0 Å². The number of aromatic nitrogens is 3. The van der Waals surface area contributed by atoms with Crippen LogP contribution in [0.25, 0.3) is 0 Å². The summed E-state index contributed by atoms with van der Waals surface area (Å²) >= 11 is 0. The highest BCUT2D eigenvalue weighted by molar-refractivity contribution is 5.42. The van der Waals surface area contributed by atoms with Crippen molar-refractivity contribution in [2.45, 2.75) is 38.8 Å². The highest BCUT2D eigenvalue weighted by atomic mass is 16.3. The van der Waals surface area contributed by atoms with Crippen LogP contribution >= 0.6 is 0 Å². The van der Waals surface area contributed by atoms with E-state index in [4.69, 9.17) is 4.42 Å². The van der Waals surface area contributed by atoms with Gasteiger partial charge in [-0.3, -0.25) is 4.90 Å². The van der Waals surface area contributed by atoms with Gasteiger partial charge in [-0.15, -0.1) is 5.10 Å². The quantitative estimate of drug-likeness (QED) is 0.862. The zero-order valence-corrected chi connectivity index (χ0v) is 13.7. The lowest BCUT2D eigenvalue weighted by Crippen LogP contribution is -2.58. The lowest BCUT2D eigenvalue weighted by Gasteiger charge is -2.44. The molecule has 118 valence electrons. The third-order valence-corrected chi connectivity index (χ3v) is 4.10. The Hall–Kier alpha value is -1.95. The van der Waals surface area contributed by atoms with Crippen molar-refractivity contribution < 1.29 is 4.42 Å². The lowest BCUT2D eigenvalue weighted by molar-refractivity contribution is 0.180. The third-order valence-electron chi connectivity index (χ3n) is 4.10. The van der Waals surface area contributed by atoms with Crippen molar-refractivity contribution in [1.82, 2.24) is 20.1 Å². The second kappa shape index (κ2) is 5.68. The molecule has 1 aliphatic heterocycles. The number of rotatable bonds is 4. The number of nitrogens with zero attached hydrogens (tertiary/aromatic N) is 5. The van der Waals surface area contributed by atoms with Gasteiger partial charge in [-0.2, -0.15) is 5.10 Å². The molecule has 0 amide bonds. The predicted molar refractivity (Wildman–Crippen MR) is 84.7 cm³/mol. The van der Waals surface area contributed by atoms with Crippen molar-refractivity contribution in [2.75, 3.05) is 25.0 Å². The first-order valence-corrected chi connectivity index (χ1v) is 7.61. The fraction of sp³-hybridized carbons (Fsp3) is 0.562. The van der Waals surface area contributed by atoms with E-state index in [9.17, 15) is 0 Å². The molecule has 2 aromatic rings. The Kier molecular flexibility index (Phi) is 3.87. The second-order valence-electron chi connectivity index (χ2n) is 6.93. The van der Waals surface area contributed by atoms with E-state index in [1.54, 1.807) is 12.5 Å². The Labute approximate surface area is 131 Å². The smallest absolute Gasteiger partial charge is 0.208 e. The van der Waals surface area contributed by atoms with Crippen LogP contribution in [0.15, 0.2) is 29.0 Å². The monoisotopic (exact) mass is 301 g/mol. The van der Waals surface area contributed by atoms with Crippen LogP contribution in [0.2, 0.25) is 0 Å². The molecule has 0 N–H and O–H groups in total. The predicted octanol–water partition coefficient (Wildman–Crippen LogP) is 2.08. The molecular formula is C16H23N5O. The Morgan fingerprint density at radius 3 is 2.59 bits per heavy atom. The molecule has 6 heteroatoms. The van der Waals surface area contributed by atoms with Gasteiger partial charge >= 0.3 is 0 Å². The second-order valence-corrected chi connectivity index (χ2v) is 6.93. The average molecular weight is 301 g/mol. The van der Waals surface area contributed by atoms with Gasteiger partial charge in [0.05, 0.1) is 18.4 Å². The van der Waals surface area contributed by atoms with E-state index in [2.05, 4.69) is 64.9 Å². The summed E-state index contributed by atoms with van der Waals surface area (Å²) in [5, 5.41) is 8.72. The summed E-state index contributed by atoms with van der Waals surface area (Å²) in [5.41, 5.74) is 1.06. The van der Waals surface area contributed by atoms with E-state index >= 15 is 0 Å². The molecule has 0 saturated carbocycles. The zero-order chi connectivity index (χ0) is 15.7. The minimum atomic E-state index is 0.0409. The van der Waals surface area contributed by atoms with Crippen LogP contribution < -0.4 is 4.90 Å². The molecule has 0 bridgehead atoms. The minimum absolute atomic E-state index is 0.0409. The normalized spacial score (nSPS) is 16.1. The van der Waals surface area contributed by atoms with E-state index in [1.807, 2.05) is 0 Å². The first kappa shape index (κ1) is 15.0. The highest BCUT2D eigenvalue weighted by Crippen LogP contribution is 2.24. The fourth-order valence-electron chi connectivity index (χ4n) is 2.49. The summed E-state index contributed by atoms with van der Waals surface area (Å²) in [6, 6.07) is 4.64. The SMILES string of the molecule is CN(Cc1ncco1)C1CN(c2ccc(C(C)(C)C)nn2)C1. The molecule has 0 spiro atoms. The molecule has 1 aliphatic rings. The van der Waals surface area contributed by atoms with Crippen molar-refractivity contribution in [3.8, 4) is 0 Å². The average Bonchev–Trinajstić information content (AvgIpc) is 2.89. The van der Waals surface area contributed by atoms with E-state index in [1.165, 1.54) is 0 Å². The van der Waals surface area contributed by atoms with Crippen molar-refractivity contribution in [3.63, 3.8) is 0 Å². The number of anilines is 1. The van der Waals surface area contributed by atoms with Gasteiger partial charge in [-0.1, -0.05) is 20.8 Å². The highest BCUT2D eigenvalue weighted by Gasteiger charge is 2.31. The topological polar surface area (TPSA) is 58.3 Å². The molecule has 0 radical (unpaired) electrons. The van der Waals surface area contributed by atoms with Crippen LogP contribution in [-0.2, 0) is 12.0 Å². The maximum Gasteiger partial charge on any atom is 0.208 e. The summed E-state index contributed by atoms with van der Waals surface area (Å²) in [6.07, 6.45) is 3.30. The summed E-state index contributed by atoms with van der Waals surface area (Å²) in [4.78, 5) is 8.67. The summed E-state index contributed by atoms with van der Waals surface area (Å²) < 4.78 is 5.29. The van der Waals surface area contributed by atoms with Crippen molar-refractivity contribution in [3.05, 3.63) is 36.2 Å². The van der Waals surface area contributed by atoms with Gasteiger partial charge in [0.2, 0.25) is 5.89 Å². The Balaban J connectivity index is 1.54. The fourth-order valence-corrected chi connectivity index (χ4v) is 2.49. The molecule has 1 fully saturated rings. The first-order chi connectivity index (χ1) is 10.4. The van der Waals surface area contributed by atoms with Crippen LogP contribution in [0.4, 0.5) is 5.82 Å². The molecule has 2 aromatic heterocycles. The zero-order valence-electron chi connectivity index (χ0n) is 13.7. The molecule has 22 heavy (non-hydrogen) atoms. The molecule has 0 aromatic carbocycles. The lowest BCUT2D eigenvalue weighted by atomic mass is 9.92. The van der Waals surface area contributed by atoms with Gasteiger partial charge in [0.15, 0.2) is 5.82 Å². The number of hydrogen-bond acceptors (Lipinski definition) is 6. The van der Waals surface area contributed by atoms with Crippen molar-refractivity contribution in [1.29, 1.82) is 0 Å². The molecule has 6 nitrogen and oxygen atoms in total. The van der Waals surface area contributed by atoms with Crippen LogP contribution in [0, 0.1) is 0 Å². The molecule has 1 saturated heterocycles. The van der Waals surface area contributed by atoms with Gasteiger partial charge in [0.1, 0.15) is 6.26 Å². The maximum absolute atomic E-state index is 5.29. The largest absolute Gasteiger partial charge is 0.448 e. The van der Waals surface area contributed by atoms with Crippen LogP contribution in [0.3, 0.4) is 0 Å². The van der Waals surface area contributed by atoms with Crippen molar-refractivity contribution in [2.24, 2.45) is 0 Å². The van der Waals surface area contributed by atoms with Crippen molar-refractivity contribution >= 4 is 5.82 Å². The molecule has 0 aliphatic carbocycles. The number of likely N-dealkylation sites (N-methyl/N-ethyl adjacent to an activating group) is 1. The van der Waals surface area contributed by atoms with Crippen LogP contribution in [-0.4, -0.2) is 46.3 Å². The summed E-state index contributed by atoms with van der Waals surface area (Å²) in [7, 11) is 2.10. The first-order valence-electron chi connectivity index (χ1n) is 7.61. The number of hydrogen-bond donors (Lipinski definition) is 0. The minimum Gasteiger partial charge on any atom is -0.448 e. The Morgan fingerprint density at radius 2 is 2.05 bits per heavy atom. The standard InChI is InChI=1S/C16H23N5O/c1-16(2,3)13-5-6-14(19-18-13)21-9-12(10-21)20(4)11-15-17-7-8-22-15/h5-8,12H,9-11H2,1-4H3. The van der Waals surface area contributed by atoms with Gasteiger partial charge in [0.25, 0.3) is 0 Å². The summed E-state index contributed by atoms with van der Waals surface area (Å²) in [6.45, 7) is 9.09. The number of oxazole rings is 1. The third kappa shape index (κ3) is 3.11. The van der Waals surface area contributed by atoms with Gasteiger partial charge in [-0.05, 0) is 19.2 Å².